The van der Waals surface area contributed by atoms with Gasteiger partial charge >= 0.3 is 5.69 Å². The highest BCUT2D eigenvalue weighted by Gasteiger charge is 2.24. The fraction of sp³-hybridized carbons (Fsp3) is 0.400. The Morgan fingerprint density at radius 1 is 1.47 bits per heavy atom. The van der Waals surface area contributed by atoms with E-state index >= 15 is 0 Å². The van der Waals surface area contributed by atoms with E-state index in [9.17, 15) is 22.9 Å². The summed E-state index contributed by atoms with van der Waals surface area (Å²) in [5.74, 6) is -1.18. The fourth-order valence-electron chi connectivity index (χ4n) is 1.41. The zero-order valence-electron chi connectivity index (χ0n) is 10.2. The van der Waals surface area contributed by atoms with Crippen molar-refractivity contribution in [3.8, 4) is 0 Å². The van der Waals surface area contributed by atoms with Gasteiger partial charge in [0.25, 0.3) is 0 Å². The molecular weight excluding hydrogens is 277 g/mol. The van der Waals surface area contributed by atoms with Gasteiger partial charge in [-0.1, -0.05) is 0 Å². The summed E-state index contributed by atoms with van der Waals surface area (Å²) in [7, 11) is -2.52. The Morgan fingerprint density at radius 2 is 2.11 bits per heavy atom. The van der Waals surface area contributed by atoms with Crippen LogP contribution in [0.3, 0.4) is 0 Å². The van der Waals surface area contributed by atoms with Crippen LogP contribution in [0.1, 0.15) is 6.42 Å². The maximum absolute atomic E-state index is 13.4. The first-order valence-corrected chi connectivity index (χ1v) is 6.85. The minimum atomic E-state index is -3.86. The molecule has 0 saturated carbocycles. The summed E-state index contributed by atoms with van der Waals surface area (Å²) in [6.07, 6.45) is 0.463. The summed E-state index contributed by atoms with van der Waals surface area (Å²) in [6, 6.07) is 2.49. The van der Waals surface area contributed by atoms with E-state index in [1.807, 2.05) is 0 Å². The van der Waals surface area contributed by atoms with E-state index in [1.54, 1.807) is 0 Å². The molecule has 7 nitrogen and oxygen atoms in total. The van der Waals surface area contributed by atoms with Gasteiger partial charge in [-0.3, -0.25) is 10.1 Å². The lowest BCUT2D eigenvalue weighted by Crippen LogP contribution is -2.29. The van der Waals surface area contributed by atoms with Gasteiger partial charge in [0.2, 0.25) is 15.8 Å². The summed E-state index contributed by atoms with van der Waals surface area (Å²) in [4.78, 5) is 9.21. The molecule has 0 aliphatic carbocycles. The molecule has 0 aliphatic heterocycles. The molecule has 19 heavy (non-hydrogen) atoms. The highest BCUT2D eigenvalue weighted by Crippen LogP contribution is 2.22. The Morgan fingerprint density at radius 3 is 2.58 bits per heavy atom. The average molecular weight is 291 g/mol. The van der Waals surface area contributed by atoms with Crippen molar-refractivity contribution in [1.29, 1.82) is 0 Å². The second-order valence-corrected chi connectivity index (χ2v) is 5.88. The van der Waals surface area contributed by atoms with Crippen molar-refractivity contribution in [2.24, 2.45) is 5.73 Å². The monoisotopic (exact) mass is 291 g/mol. The SMILES string of the molecule is CN(CCCN)S(=O)(=O)c1ccc([N+](=O)[O-])c(F)c1. The second-order valence-electron chi connectivity index (χ2n) is 3.84. The Kier molecular flexibility index (Phi) is 4.92. The predicted molar refractivity (Wildman–Crippen MR) is 66.5 cm³/mol. The van der Waals surface area contributed by atoms with Crippen molar-refractivity contribution in [2.45, 2.75) is 11.3 Å². The maximum Gasteiger partial charge on any atom is 0.304 e. The number of nitrogens with zero attached hydrogens (tertiary/aromatic N) is 2. The summed E-state index contributed by atoms with van der Waals surface area (Å²) in [6.45, 7) is 0.520. The number of nitro groups is 1. The largest absolute Gasteiger partial charge is 0.330 e. The Hall–Kier alpha value is -1.58. The molecule has 1 aromatic rings. The van der Waals surface area contributed by atoms with Gasteiger partial charge in [-0.2, -0.15) is 4.39 Å². The lowest BCUT2D eigenvalue weighted by atomic mass is 10.3. The lowest BCUT2D eigenvalue weighted by molar-refractivity contribution is -0.387. The molecule has 1 rings (SSSR count). The average Bonchev–Trinajstić information content (AvgIpc) is 2.35. The number of hydrogen-bond acceptors (Lipinski definition) is 5. The van der Waals surface area contributed by atoms with Crippen LogP contribution in [0.4, 0.5) is 10.1 Å². The van der Waals surface area contributed by atoms with Crippen LogP contribution >= 0.6 is 0 Å². The molecule has 106 valence electrons. The summed E-state index contributed by atoms with van der Waals surface area (Å²) in [5.41, 5.74) is 4.52. The van der Waals surface area contributed by atoms with Gasteiger partial charge in [-0.15, -0.1) is 0 Å². The minimum absolute atomic E-state index is 0.192. The van der Waals surface area contributed by atoms with Crippen LogP contribution in [0, 0.1) is 15.9 Å². The van der Waals surface area contributed by atoms with Gasteiger partial charge in [0, 0.05) is 25.7 Å². The summed E-state index contributed by atoms with van der Waals surface area (Å²) < 4.78 is 38.5. The van der Waals surface area contributed by atoms with E-state index in [2.05, 4.69) is 0 Å². The van der Waals surface area contributed by atoms with Crippen LogP contribution in [0.2, 0.25) is 0 Å². The van der Waals surface area contributed by atoms with Gasteiger partial charge in [0.15, 0.2) is 0 Å². The first-order chi connectivity index (χ1) is 8.80. The quantitative estimate of drug-likeness (QED) is 0.613. The van der Waals surface area contributed by atoms with Gasteiger partial charge in [0.1, 0.15) is 0 Å². The molecule has 0 heterocycles. The molecule has 9 heteroatoms. The number of halogens is 1. The van der Waals surface area contributed by atoms with Gasteiger partial charge in [-0.05, 0) is 19.0 Å². The third kappa shape index (κ3) is 3.46. The third-order valence-electron chi connectivity index (χ3n) is 2.50. The van der Waals surface area contributed by atoms with Crippen molar-refractivity contribution < 1.29 is 17.7 Å². The summed E-state index contributed by atoms with van der Waals surface area (Å²) >= 11 is 0. The number of nitrogens with two attached hydrogens (primary N) is 1. The van der Waals surface area contributed by atoms with Crippen molar-refractivity contribution in [3.63, 3.8) is 0 Å². The van der Waals surface area contributed by atoms with E-state index in [0.717, 1.165) is 16.4 Å². The molecule has 2 N–H and O–H groups in total. The number of hydrogen-bond donors (Lipinski definition) is 1. The normalized spacial score (nSPS) is 11.8. The van der Waals surface area contributed by atoms with Gasteiger partial charge in [0.05, 0.1) is 9.82 Å². The maximum atomic E-state index is 13.4. The van der Waals surface area contributed by atoms with Crippen LogP contribution in [0.25, 0.3) is 0 Å². The predicted octanol–water partition coefficient (Wildman–Crippen LogP) is 0.703. The number of nitro benzene ring substituents is 1. The van der Waals surface area contributed by atoms with Crippen molar-refractivity contribution in [2.75, 3.05) is 20.1 Å². The minimum Gasteiger partial charge on any atom is -0.330 e. The van der Waals surface area contributed by atoms with E-state index in [1.165, 1.54) is 7.05 Å². The Bertz CT molecular complexity index is 576. The van der Waals surface area contributed by atoms with Crippen LogP contribution < -0.4 is 5.73 Å². The fourth-order valence-corrected chi connectivity index (χ4v) is 2.63. The molecule has 0 amide bonds. The van der Waals surface area contributed by atoms with E-state index < -0.39 is 26.5 Å². The van der Waals surface area contributed by atoms with Crippen molar-refractivity contribution >= 4 is 15.7 Å². The Labute approximate surface area is 110 Å². The molecule has 0 aliphatic rings. The first kappa shape index (κ1) is 15.5. The summed E-state index contributed by atoms with van der Waals surface area (Å²) in [5, 5.41) is 10.4. The highest BCUT2D eigenvalue weighted by molar-refractivity contribution is 7.89. The van der Waals surface area contributed by atoms with Crippen molar-refractivity contribution in [3.05, 3.63) is 34.1 Å². The molecule has 0 bridgehead atoms. The molecule has 1 aromatic carbocycles. The third-order valence-corrected chi connectivity index (χ3v) is 4.35. The molecule has 0 fully saturated rings. The van der Waals surface area contributed by atoms with Crippen LogP contribution in [-0.2, 0) is 10.0 Å². The number of sulfonamides is 1. The molecule has 0 aromatic heterocycles. The van der Waals surface area contributed by atoms with Crippen LogP contribution in [0.5, 0.6) is 0 Å². The number of benzene rings is 1. The van der Waals surface area contributed by atoms with Crippen molar-refractivity contribution in [1.82, 2.24) is 4.31 Å². The van der Waals surface area contributed by atoms with E-state index in [0.29, 0.717) is 19.0 Å². The van der Waals surface area contributed by atoms with Crippen LogP contribution in [0.15, 0.2) is 23.1 Å². The van der Waals surface area contributed by atoms with Crippen LogP contribution in [-0.4, -0.2) is 37.8 Å². The topological polar surface area (TPSA) is 107 Å². The Balaban J connectivity index is 3.09. The lowest BCUT2D eigenvalue weighted by Gasteiger charge is -2.16. The molecule has 0 saturated heterocycles. The smallest absolute Gasteiger partial charge is 0.304 e. The molecule has 0 radical (unpaired) electrons. The van der Waals surface area contributed by atoms with E-state index in [-0.39, 0.29) is 11.4 Å². The highest BCUT2D eigenvalue weighted by atomic mass is 32.2. The molecule has 0 atom stereocenters. The molecule has 0 spiro atoms. The van der Waals surface area contributed by atoms with Gasteiger partial charge in [-0.25, -0.2) is 12.7 Å². The zero-order valence-corrected chi connectivity index (χ0v) is 11.1. The zero-order chi connectivity index (χ0) is 14.6. The van der Waals surface area contributed by atoms with E-state index in [4.69, 9.17) is 5.73 Å². The number of rotatable bonds is 6. The standard InChI is InChI=1S/C10H14FN3O4S/c1-13(6-2-5-12)19(17,18)8-3-4-10(14(15)16)9(11)7-8/h3-4,7H,2,5-6,12H2,1H3. The first-order valence-electron chi connectivity index (χ1n) is 5.41. The molecular formula is C10H14FN3O4S. The molecule has 0 unspecified atom stereocenters. The van der Waals surface area contributed by atoms with Gasteiger partial charge < -0.3 is 5.73 Å². The second kappa shape index (κ2) is 6.04.